The minimum atomic E-state index is -0.104. The highest BCUT2D eigenvalue weighted by Gasteiger charge is 2.05. The monoisotopic (exact) mass is 377 g/mol. The molecule has 1 heterocycles. The van der Waals surface area contributed by atoms with Gasteiger partial charge < -0.3 is 20.7 Å². The summed E-state index contributed by atoms with van der Waals surface area (Å²) >= 11 is 0. The second-order valence-electron chi connectivity index (χ2n) is 6.18. The molecule has 3 N–H and O–H groups in total. The molecule has 3 aromatic rings. The molecule has 0 saturated heterocycles. The molecule has 0 atom stereocenters. The van der Waals surface area contributed by atoms with Crippen LogP contribution in [0.2, 0.25) is 0 Å². The first-order valence-electron chi connectivity index (χ1n) is 9.02. The number of amides is 1. The van der Waals surface area contributed by atoms with Gasteiger partial charge in [-0.3, -0.25) is 4.79 Å². The molecule has 1 aromatic heterocycles. The lowest BCUT2D eigenvalue weighted by Crippen LogP contribution is -2.06. The molecule has 0 aliphatic rings. The predicted octanol–water partition coefficient (Wildman–Crippen LogP) is 4.63. The van der Waals surface area contributed by atoms with E-state index in [2.05, 4.69) is 25.9 Å². The lowest BCUT2D eigenvalue weighted by atomic mass is 10.3. The van der Waals surface area contributed by atoms with Gasteiger partial charge in [0.1, 0.15) is 11.6 Å². The predicted molar refractivity (Wildman–Crippen MR) is 112 cm³/mol. The van der Waals surface area contributed by atoms with Gasteiger partial charge >= 0.3 is 0 Å². The fraction of sp³-hybridized carbons (Fsp3) is 0.190. The van der Waals surface area contributed by atoms with E-state index in [-0.39, 0.29) is 5.91 Å². The number of nitrogens with one attached hydrogen (secondary N) is 3. The van der Waals surface area contributed by atoms with E-state index < -0.39 is 0 Å². The van der Waals surface area contributed by atoms with Gasteiger partial charge in [-0.15, -0.1) is 0 Å². The second-order valence-corrected chi connectivity index (χ2v) is 6.18. The molecule has 0 aliphatic heterocycles. The first-order valence-corrected chi connectivity index (χ1v) is 9.02. The van der Waals surface area contributed by atoms with Gasteiger partial charge in [-0.05, 0) is 62.4 Å². The largest absolute Gasteiger partial charge is 0.494 e. The minimum Gasteiger partial charge on any atom is -0.494 e. The number of carbonyl (C=O) groups is 1. The number of benzene rings is 2. The van der Waals surface area contributed by atoms with Crippen LogP contribution in [-0.2, 0) is 4.79 Å². The van der Waals surface area contributed by atoms with Crippen LogP contribution in [0, 0.1) is 6.92 Å². The zero-order valence-electron chi connectivity index (χ0n) is 16.1. The molecule has 0 spiro atoms. The molecule has 3 rings (SSSR count). The van der Waals surface area contributed by atoms with E-state index in [0.717, 1.165) is 28.5 Å². The molecule has 1 amide bonds. The van der Waals surface area contributed by atoms with Crippen LogP contribution in [0.1, 0.15) is 19.5 Å². The quantitative estimate of drug-likeness (QED) is 0.556. The molecule has 144 valence electrons. The summed E-state index contributed by atoms with van der Waals surface area (Å²) in [4.78, 5) is 20.1. The maximum Gasteiger partial charge on any atom is 0.229 e. The number of nitrogens with zero attached hydrogens (tertiary/aromatic N) is 2. The SMILES string of the molecule is CCOc1ccc(Nc2cc(C)nc(Nc3ccc(NC(C)=O)cc3)n2)cc1. The smallest absolute Gasteiger partial charge is 0.229 e. The van der Waals surface area contributed by atoms with E-state index in [1.807, 2.05) is 68.4 Å². The minimum absolute atomic E-state index is 0.104. The molecule has 2 aromatic carbocycles. The van der Waals surface area contributed by atoms with Gasteiger partial charge in [-0.25, -0.2) is 4.98 Å². The maximum atomic E-state index is 11.1. The fourth-order valence-corrected chi connectivity index (χ4v) is 2.61. The van der Waals surface area contributed by atoms with Crippen LogP contribution in [0.25, 0.3) is 0 Å². The van der Waals surface area contributed by atoms with Crippen molar-refractivity contribution in [2.24, 2.45) is 0 Å². The summed E-state index contributed by atoms with van der Waals surface area (Å²) in [5.74, 6) is 1.90. The Labute approximate surface area is 164 Å². The molecule has 0 radical (unpaired) electrons. The standard InChI is InChI=1S/C21H23N5O2/c1-4-28-19-11-9-17(10-12-19)24-20-13-14(2)22-21(26-20)25-18-7-5-16(6-8-18)23-15(3)27/h5-13H,4H2,1-3H3,(H,23,27)(H2,22,24,25,26). The van der Waals surface area contributed by atoms with Crippen molar-refractivity contribution in [2.75, 3.05) is 22.6 Å². The third-order valence-electron chi connectivity index (χ3n) is 3.75. The van der Waals surface area contributed by atoms with Crippen molar-refractivity contribution in [3.8, 4) is 5.75 Å². The molecular weight excluding hydrogens is 354 g/mol. The lowest BCUT2D eigenvalue weighted by molar-refractivity contribution is -0.114. The summed E-state index contributed by atoms with van der Waals surface area (Å²) in [6, 6.07) is 16.9. The highest BCUT2D eigenvalue weighted by atomic mass is 16.5. The van der Waals surface area contributed by atoms with E-state index in [0.29, 0.717) is 18.4 Å². The van der Waals surface area contributed by atoms with Crippen LogP contribution in [0.4, 0.5) is 28.8 Å². The summed E-state index contributed by atoms with van der Waals surface area (Å²) < 4.78 is 5.46. The van der Waals surface area contributed by atoms with Gasteiger partial charge in [0.05, 0.1) is 6.61 Å². The van der Waals surface area contributed by atoms with Gasteiger partial charge in [0.25, 0.3) is 0 Å². The molecule has 0 unspecified atom stereocenters. The average Bonchev–Trinajstić information content (AvgIpc) is 2.64. The van der Waals surface area contributed by atoms with Crippen molar-refractivity contribution < 1.29 is 9.53 Å². The Balaban J connectivity index is 1.71. The van der Waals surface area contributed by atoms with E-state index in [1.54, 1.807) is 0 Å². The summed E-state index contributed by atoms with van der Waals surface area (Å²) in [6.45, 7) is 5.98. The Bertz CT molecular complexity index is 940. The third-order valence-corrected chi connectivity index (χ3v) is 3.75. The molecule has 7 heteroatoms. The highest BCUT2D eigenvalue weighted by Crippen LogP contribution is 2.22. The topological polar surface area (TPSA) is 88.2 Å². The lowest BCUT2D eigenvalue weighted by Gasteiger charge is -2.11. The van der Waals surface area contributed by atoms with Crippen molar-refractivity contribution >= 4 is 34.7 Å². The van der Waals surface area contributed by atoms with Gasteiger partial charge in [-0.2, -0.15) is 4.98 Å². The number of hydrogen-bond acceptors (Lipinski definition) is 6. The first kappa shape index (κ1) is 19.2. The van der Waals surface area contributed by atoms with Crippen LogP contribution in [-0.4, -0.2) is 22.5 Å². The van der Waals surface area contributed by atoms with Gasteiger partial charge in [0.2, 0.25) is 11.9 Å². The van der Waals surface area contributed by atoms with Crippen molar-refractivity contribution in [3.63, 3.8) is 0 Å². The molecular formula is C21H23N5O2. The molecule has 0 saturated carbocycles. The molecule has 0 aliphatic carbocycles. The molecule has 7 nitrogen and oxygen atoms in total. The highest BCUT2D eigenvalue weighted by molar-refractivity contribution is 5.88. The van der Waals surface area contributed by atoms with Gasteiger partial charge in [0, 0.05) is 35.7 Å². The van der Waals surface area contributed by atoms with E-state index in [1.165, 1.54) is 6.92 Å². The zero-order valence-corrected chi connectivity index (χ0v) is 16.1. The van der Waals surface area contributed by atoms with Crippen LogP contribution < -0.4 is 20.7 Å². The van der Waals surface area contributed by atoms with Crippen molar-refractivity contribution in [3.05, 3.63) is 60.3 Å². The number of anilines is 5. The van der Waals surface area contributed by atoms with Crippen molar-refractivity contribution in [1.82, 2.24) is 9.97 Å². The van der Waals surface area contributed by atoms with E-state index >= 15 is 0 Å². The average molecular weight is 377 g/mol. The fourth-order valence-electron chi connectivity index (χ4n) is 2.61. The number of aryl methyl sites for hydroxylation is 1. The Morgan fingerprint density at radius 1 is 0.929 bits per heavy atom. The van der Waals surface area contributed by atoms with E-state index in [4.69, 9.17) is 4.74 Å². The van der Waals surface area contributed by atoms with Crippen LogP contribution in [0.3, 0.4) is 0 Å². The normalized spacial score (nSPS) is 10.2. The van der Waals surface area contributed by atoms with Crippen LogP contribution in [0.15, 0.2) is 54.6 Å². The summed E-state index contributed by atoms with van der Waals surface area (Å²) in [7, 11) is 0. The number of carbonyl (C=O) groups excluding carboxylic acids is 1. The zero-order chi connectivity index (χ0) is 19.9. The van der Waals surface area contributed by atoms with Gasteiger partial charge in [0.15, 0.2) is 0 Å². The second kappa shape index (κ2) is 8.85. The Kier molecular flexibility index (Phi) is 6.06. The molecule has 0 fully saturated rings. The number of rotatable bonds is 7. The molecule has 28 heavy (non-hydrogen) atoms. The Morgan fingerprint density at radius 2 is 1.54 bits per heavy atom. The van der Waals surface area contributed by atoms with Crippen LogP contribution in [0.5, 0.6) is 5.75 Å². The van der Waals surface area contributed by atoms with Crippen LogP contribution >= 0.6 is 0 Å². The first-order chi connectivity index (χ1) is 13.5. The number of hydrogen-bond donors (Lipinski definition) is 3. The van der Waals surface area contributed by atoms with Crippen molar-refractivity contribution in [2.45, 2.75) is 20.8 Å². The third kappa shape index (κ3) is 5.44. The van der Waals surface area contributed by atoms with Crippen molar-refractivity contribution in [1.29, 1.82) is 0 Å². The summed E-state index contributed by atoms with van der Waals surface area (Å²) in [6.07, 6.45) is 0. The maximum absolute atomic E-state index is 11.1. The summed E-state index contributed by atoms with van der Waals surface area (Å²) in [5, 5.41) is 9.20. The van der Waals surface area contributed by atoms with E-state index in [9.17, 15) is 4.79 Å². The summed E-state index contributed by atoms with van der Waals surface area (Å²) in [5.41, 5.74) is 3.31. The number of ether oxygens (including phenoxy) is 1. The number of aromatic nitrogens is 2. The Hall–Kier alpha value is -3.61. The van der Waals surface area contributed by atoms with Gasteiger partial charge in [-0.1, -0.05) is 0 Å². The molecule has 0 bridgehead atoms. The Morgan fingerprint density at radius 3 is 2.18 bits per heavy atom.